The number of nitrogens with zero attached hydrogens (tertiary/aromatic N) is 2. The lowest BCUT2D eigenvalue weighted by Crippen LogP contribution is -2.31. The molecule has 0 aliphatic rings. The maximum atomic E-state index is 12.6. The number of carbonyl (C=O) groups is 2. The SMILES string of the molecule is CC(C)c1ccccc1NC(=O)Cn1nc(C(=O)O)c2ccccc2c1=O. The lowest BCUT2D eigenvalue weighted by molar-refractivity contribution is -0.117. The normalized spacial score (nSPS) is 10.9. The second-order valence-corrected chi connectivity index (χ2v) is 6.45. The number of hydrogen-bond acceptors (Lipinski definition) is 4. The number of rotatable bonds is 5. The van der Waals surface area contributed by atoms with Gasteiger partial charge in [0.25, 0.3) is 5.56 Å². The largest absolute Gasteiger partial charge is 0.476 e. The summed E-state index contributed by atoms with van der Waals surface area (Å²) in [6.07, 6.45) is 0. The van der Waals surface area contributed by atoms with E-state index in [0.29, 0.717) is 5.69 Å². The third-order valence-corrected chi connectivity index (χ3v) is 4.22. The van der Waals surface area contributed by atoms with Gasteiger partial charge in [-0.1, -0.05) is 50.2 Å². The first-order valence-corrected chi connectivity index (χ1v) is 8.50. The molecule has 7 nitrogen and oxygen atoms in total. The van der Waals surface area contributed by atoms with E-state index in [1.807, 2.05) is 32.0 Å². The van der Waals surface area contributed by atoms with E-state index in [4.69, 9.17) is 0 Å². The van der Waals surface area contributed by atoms with Crippen LogP contribution < -0.4 is 10.9 Å². The van der Waals surface area contributed by atoms with Gasteiger partial charge in [-0.15, -0.1) is 0 Å². The quantitative estimate of drug-likeness (QED) is 0.724. The van der Waals surface area contributed by atoms with Crippen LogP contribution in [0.15, 0.2) is 53.3 Å². The van der Waals surface area contributed by atoms with Gasteiger partial charge in [-0.25, -0.2) is 9.48 Å². The summed E-state index contributed by atoms with van der Waals surface area (Å²) in [6, 6.07) is 13.7. The smallest absolute Gasteiger partial charge is 0.357 e. The van der Waals surface area contributed by atoms with E-state index in [1.54, 1.807) is 18.2 Å². The molecular formula is C20H19N3O4. The summed E-state index contributed by atoms with van der Waals surface area (Å²) < 4.78 is 0.888. The van der Waals surface area contributed by atoms with Crippen LogP contribution in [0.2, 0.25) is 0 Å². The molecule has 1 heterocycles. The summed E-state index contributed by atoms with van der Waals surface area (Å²) >= 11 is 0. The number of anilines is 1. The number of nitrogens with one attached hydrogen (secondary N) is 1. The van der Waals surface area contributed by atoms with Crippen molar-refractivity contribution in [2.24, 2.45) is 0 Å². The number of carbonyl (C=O) groups excluding carboxylic acids is 1. The molecule has 3 aromatic rings. The van der Waals surface area contributed by atoms with Crippen LogP contribution in [-0.4, -0.2) is 26.8 Å². The number of aromatic nitrogens is 2. The Bertz CT molecular complexity index is 1090. The highest BCUT2D eigenvalue weighted by Crippen LogP contribution is 2.23. The van der Waals surface area contributed by atoms with Crippen LogP contribution in [0.3, 0.4) is 0 Å². The van der Waals surface area contributed by atoms with Gasteiger partial charge in [0.05, 0.1) is 5.39 Å². The minimum atomic E-state index is -1.26. The Balaban J connectivity index is 1.95. The predicted molar refractivity (Wildman–Crippen MR) is 102 cm³/mol. The minimum Gasteiger partial charge on any atom is -0.476 e. The molecule has 0 aliphatic carbocycles. The zero-order valence-electron chi connectivity index (χ0n) is 15.0. The Morgan fingerprint density at radius 2 is 1.70 bits per heavy atom. The number of carboxylic acids is 1. The second-order valence-electron chi connectivity index (χ2n) is 6.45. The second kappa shape index (κ2) is 7.41. The van der Waals surface area contributed by atoms with E-state index in [9.17, 15) is 19.5 Å². The topological polar surface area (TPSA) is 101 Å². The first-order valence-electron chi connectivity index (χ1n) is 8.50. The number of amides is 1. The van der Waals surface area contributed by atoms with Crippen molar-refractivity contribution in [2.75, 3.05) is 5.32 Å². The molecule has 0 saturated heterocycles. The summed E-state index contributed by atoms with van der Waals surface area (Å²) in [5, 5.41) is 16.5. The van der Waals surface area contributed by atoms with E-state index in [2.05, 4.69) is 10.4 Å². The van der Waals surface area contributed by atoms with Crippen molar-refractivity contribution in [3.8, 4) is 0 Å². The minimum absolute atomic E-state index is 0.209. The summed E-state index contributed by atoms with van der Waals surface area (Å²) in [7, 11) is 0. The fourth-order valence-corrected chi connectivity index (χ4v) is 2.94. The van der Waals surface area contributed by atoms with Crippen molar-refractivity contribution < 1.29 is 14.7 Å². The Kier molecular flexibility index (Phi) is 5.03. The molecule has 3 rings (SSSR count). The van der Waals surface area contributed by atoms with Gasteiger partial charge in [-0.2, -0.15) is 5.10 Å². The number of hydrogen-bond donors (Lipinski definition) is 2. The molecule has 2 N–H and O–H groups in total. The summed E-state index contributed by atoms with van der Waals surface area (Å²) in [5.41, 5.74) is 0.851. The van der Waals surface area contributed by atoms with Gasteiger partial charge in [-0.3, -0.25) is 9.59 Å². The van der Waals surface area contributed by atoms with E-state index in [-0.39, 0.29) is 28.9 Å². The van der Waals surface area contributed by atoms with Gasteiger partial charge in [0, 0.05) is 11.1 Å². The molecule has 0 fully saturated rings. The Morgan fingerprint density at radius 1 is 1.07 bits per heavy atom. The summed E-state index contributed by atoms with van der Waals surface area (Å²) in [6.45, 7) is 3.65. The molecule has 0 bridgehead atoms. The van der Waals surface area contributed by atoms with Gasteiger partial charge in [0.15, 0.2) is 5.69 Å². The van der Waals surface area contributed by atoms with Crippen molar-refractivity contribution in [1.29, 1.82) is 0 Å². The van der Waals surface area contributed by atoms with Gasteiger partial charge >= 0.3 is 5.97 Å². The monoisotopic (exact) mass is 365 g/mol. The molecule has 0 aliphatic heterocycles. The van der Waals surface area contributed by atoms with Crippen molar-refractivity contribution in [2.45, 2.75) is 26.3 Å². The molecule has 1 amide bonds. The number of aromatic carboxylic acids is 1. The lowest BCUT2D eigenvalue weighted by Gasteiger charge is -2.14. The Morgan fingerprint density at radius 3 is 2.37 bits per heavy atom. The van der Waals surface area contributed by atoms with E-state index in [0.717, 1.165) is 10.2 Å². The molecule has 0 unspecified atom stereocenters. The highest BCUT2D eigenvalue weighted by molar-refractivity contribution is 6.01. The summed E-state index contributed by atoms with van der Waals surface area (Å²) in [4.78, 5) is 36.6. The van der Waals surface area contributed by atoms with Crippen molar-refractivity contribution in [3.05, 3.63) is 70.1 Å². The van der Waals surface area contributed by atoms with Crippen LogP contribution in [-0.2, 0) is 11.3 Å². The van der Waals surface area contributed by atoms with Crippen LogP contribution in [0.5, 0.6) is 0 Å². The lowest BCUT2D eigenvalue weighted by atomic mass is 10.0. The van der Waals surface area contributed by atoms with Crippen LogP contribution >= 0.6 is 0 Å². The highest BCUT2D eigenvalue weighted by Gasteiger charge is 2.17. The number of benzene rings is 2. The van der Waals surface area contributed by atoms with E-state index < -0.39 is 17.4 Å². The average molecular weight is 365 g/mol. The van der Waals surface area contributed by atoms with Crippen molar-refractivity contribution in [1.82, 2.24) is 9.78 Å². The van der Waals surface area contributed by atoms with Crippen LogP contribution in [0.1, 0.15) is 35.8 Å². The number of fused-ring (bicyclic) bond motifs is 1. The van der Waals surface area contributed by atoms with E-state index in [1.165, 1.54) is 12.1 Å². The molecule has 2 aromatic carbocycles. The zero-order chi connectivity index (χ0) is 19.6. The molecule has 0 saturated carbocycles. The maximum Gasteiger partial charge on any atom is 0.357 e. The highest BCUT2D eigenvalue weighted by atomic mass is 16.4. The summed E-state index contributed by atoms with van der Waals surface area (Å²) in [5.74, 6) is -1.50. The zero-order valence-corrected chi connectivity index (χ0v) is 15.0. The van der Waals surface area contributed by atoms with Gasteiger partial charge in [0.2, 0.25) is 5.91 Å². The number of para-hydroxylation sites is 1. The van der Waals surface area contributed by atoms with Gasteiger partial charge < -0.3 is 10.4 Å². The molecule has 0 atom stereocenters. The number of carboxylic acid groups (broad SMARTS) is 1. The van der Waals surface area contributed by atoms with Gasteiger partial charge in [0.1, 0.15) is 6.54 Å². The first-order chi connectivity index (χ1) is 12.9. The fraction of sp³-hybridized carbons (Fsp3) is 0.200. The van der Waals surface area contributed by atoms with Crippen LogP contribution in [0, 0.1) is 0 Å². The van der Waals surface area contributed by atoms with Crippen molar-refractivity contribution >= 4 is 28.3 Å². The third-order valence-electron chi connectivity index (χ3n) is 4.22. The predicted octanol–water partition coefficient (Wildman–Crippen LogP) is 2.86. The van der Waals surface area contributed by atoms with Gasteiger partial charge in [-0.05, 0) is 23.6 Å². The molecule has 138 valence electrons. The molecular weight excluding hydrogens is 346 g/mol. The van der Waals surface area contributed by atoms with Crippen LogP contribution in [0.4, 0.5) is 5.69 Å². The molecule has 0 radical (unpaired) electrons. The fourth-order valence-electron chi connectivity index (χ4n) is 2.94. The molecule has 0 spiro atoms. The molecule has 1 aromatic heterocycles. The maximum absolute atomic E-state index is 12.6. The molecule has 7 heteroatoms. The molecule has 27 heavy (non-hydrogen) atoms. The standard InChI is InChI=1S/C20H19N3O4/c1-12(2)13-7-5-6-10-16(13)21-17(24)11-23-19(25)15-9-4-3-8-14(15)18(22-23)20(26)27/h3-10,12H,11H2,1-2H3,(H,21,24)(H,26,27). The Hall–Kier alpha value is -3.48. The van der Waals surface area contributed by atoms with Crippen molar-refractivity contribution in [3.63, 3.8) is 0 Å². The van der Waals surface area contributed by atoms with Crippen LogP contribution in [0.25, 0.3) is 10.8 Å². The first kappa shape index (κ1) is 18.3. The average Bonchev–Trinajstić information content (AvgIpc) is 2.64. The van der Waals surface area contributed by atoms with E-state index >= 15 is 0 Å². The third kappa shape index (κ3) is 3.72. The Labute approximate surface area is 155 Å².